The molecule has 0 saturated heterocycles. The van der Waals surface area contributed by atoms with Crippen molar-refractivity contribution in [1.29, 1.82) is 0 Å². The number of hydrogen-bond donors (Lipinski definition) is 3. The van der Waals surface area contributed by atoms with E-state index >= 15 is 0 Å². The van der Waals surface area contributed by atoms with Crippen molar-refractivity contribution in [2.24, 2.45) is 0 Å². The predicted molar refractivity (Wildman–Crippen MR) is 74.5 cm³/mol. The summed E-state index contributed by atoms with van der Waals surface area (Å²) in [4.78, 5) is 10.1. The van der Waals surface area contributed by atoms with E-state index in [0.717, 1.165) is 5.69 Å². The fraction of sp³-hybridized carbons (Fsp3) is 0.167. The number of hydrogen-bond acceptors (Lipinski definition) is 6. The summed E-state index contributed by atoms with van der Waals surface area (Å²) in [5.74, 6) is 1.24. The van der Waals surface area contributed by atoms with Crippen molar-refractivity contribution in [3.63, 3.8) is 0 Å². The summed E-state index contributed by atoms with van der Waals surface area (Å²) in [6.45, 7) is 0. The van der Waals surface area contributed by atoms with Crippen LogP contribution in [0.2, 0.25) is 0 Å². The number of anilines is 4. The molecule has 0 aliphatic heterocycles. The largest absolute Gasteiger partial charge is 0.393 e. The average molecular weight is 244 g/mol. The van der Waals surface area contributed by atoms with Gasteiger partial charge in [-0.2, -0.15) is 0 Å². The van der Waals surface area contributed by atoms with Crippen LogP contribution in [0.3, 0.4) is 0 Å². The van der Waals surface area contributed by atoms with Crippen LogP contribution in [0.4, 0.5) is 23.0 Å². The second-order valence-corrected chi connectivity index (χ2v) is 3.97. The molecule has 4 N–H and O–H groups in total. The highest BCUT2D eigenvalue weighted by Gasteiger charge is 2.08. The molecule has 0 aliphatic carbocycles. The molecule has 1 aromatic carbocycles. The van der Waals surface area contributed by atoms with E-state index in [2.05, 4.69) is 20.8 Å². The number of nitrogens with zero attached hydrogens (tertiary/aromatic N) is 3. The lowest BCUT2D eigenvalue weighted by Gasteiger charge is -2.16. The molecule has 2 aromatic rings. The zero-order valence-electron chi connectivity index (χ0n) is 10.4. The maximum Gasteiger partial charge on any atom is 0.173 e. The number of hydrazine groups is 1. The van der Waals surface area contributed by atoms with Gasteiger partial charge in [0.1, 0.15) is 12.0 Å². The molecule has 2 rings (SSSR count). The molecule has 0 aliphatic rings. The molecule has 1 heterocycles. The molecule has 0 spiro atoms. The number of nitrogen functional groups attached to an aromatic ring is 1. The van der Waals surface area contributed by atoms with Crippen molar-refractivity contribution in [3.05, 3.63) is 36.7 Å². The van der Waals surface area contributed by atoms with Crippen LogP contribution in [0, 0.1) is 0 Å². The fourth-order valence-electron chi connectivity index (χ4n) is 1.50. The Labute approximate surface area is 106 Å². The topological polar surface area (TPSA) is 79.1 Å². The molecule has 0 unspecified atom stereocenters. The van der Waals surface area contributed by atoms with Crippen molar-refractivity contribution < 1.29 is 0 Å². The number of para-hydroxylation sites is 1. The molecule has 0 radical (unpaired) electrons. The monoisotopic (exact) mass is 244 g/mol. The molecule has 0 bridgehead atoms. The third kappa shape index (κ3) is 2.60. The minimum Gasteiger partial charge on any atom is -0.393 e. The third-order valence-electron chi connectivity index (χ3n) is 2.39. The number of benzene rings is 1. The van der Waals surface area contributed by atoms with Crippen LogP contribution in [0.15, 0.2) is 36.7 Å². The van der Waals surface area contributed by atoms with Gasteiger partial charge in [-0.3, -0.25) is 10.9 Å². The number of nitrogens with two attached hydrogens (primary N) is 1. The zero-order chi connectivity index (χ0) is 13.0. The standard InChI is InChI=1S/C12H16N6/c1-18(2)12-10(13)11(14-8-15-12)17-16-9-6-4-3-5-7-9/h3-8,16H,13H2,1-2H3,(H,14,15,17). The molecule has 0 amide bonds. The Morgan fingerprint density at radius 3 is 2.44 bits per heavy atom. The number of aromatic nitrogens is 2. The van der Waals surface area contributed by atoms with Gasteiger partial charge in [0, 0.05) is 14.1 Å². The summed E-state index contributed by atoms with van der Waals surface area (Å²) in [7, 11) is 3.76. The van der Waals surface area contributed by atoms with Crippen molar-refractivity contribution in [2.45, 2.75) is 0 Å². The van der Waals surface area contributed by atoms with E-state index in [1.54, 1.807) is 0 Å². The summed E-state index contributed by atoms with van der Waals surface area (Å²) in [5.41, 5.74) is 13.4. The minimum absolute atomic E-state index is 0.505. The van der Waals surface area contributed by atoms with E-state index in [0.29, 0.717) is 17.3 Å². The molecule has 0 atom stereocenters. The van der Waals surface area contributed by atoms with E-state index in [1.807, 2.05) is 49.3 Å². The second-order valence-electron chi connectivity index (χ2n) is 3.97. The highest BCUT2D eigenvalue weighted by Crippen LogP contribution is 2.24. The summed E-state index contributed by atoms with van der Waals surface area (Å²) in [6.07, 6.45) is 1.47. The average Bonchev–Trinajstić information content (AvgIpc) is 2.38. The minimum atomic E-state index is 0.505. The van der Waals surface area contributed by atoms with Crippen LogP contribution in [0.1, 0.15) is 0 Å². The van der Waals surface area contributed by atoms with Gasteiger partial charge >= 0.3 is 0 Å². The first kappa shape index (κ1) is 12.0. The molecule has 0 fully saturated rings. The Bertz CT molecular complexity index is 511. The van der Waals surface area contributed by atoms with Crippen LogP contribution < -0.4 is 21.5 Å². The van der Waals surface area contributed by atoms with Gasteiger partial charge in [-0.05, 0) is 12.1 Å². The lowest BCUT2D eigenvalue weighted by atomic mass is 10.3. The Kier molecular flexibility index (Phi) is 3.47. The maximum absolute atomic E-state index is 5.98. The molecule has 18 heavy (non-hydrogen) atoms. The number of nitrogens with one attached hydrogen (secondary N) is 2. The van der Waals surface area contributed by atoms with Gasteiger partial charge in [0.15, 0.2) is 11.6 Å². The molecule has 0 saturated carbocycles. The van der Waals surface area contributed by atoms with Gasteiger partial charge in [0.05, 0.1) is 5.69 Å². The van der Waals surface area contributed by atoms with Crippen molar-refractivity contribution in [2.75, 3.05) is 35.6 Å². The van der Waals surface area contributed by atoms with Gasteiger partial charge in [-0.25, -0.2) is 9.97 Å². The first-order valence-electron chi connectivity index (χ1n) is 5.53. The first-order valence-corrected chi connectivity index (χ1v) is 5.53. The van der Waals surface area contributed by atoms with E-state index in [9.17, 15) is 0 Å². The number of rotatable bonds is 4. The molecule has 1 aromatic heterocycles. The van der Waals surface area contributed by atoms with Crippen LogP contribution in [0.25, 0.3) is 0 Å². The Morgan fingerprint density at radius 1 is 1.06 bits per heavy atom. The summed E-state index contributed by atoms with van der Waals surface area (Å²) >= 11 is 0. The van der Waals surface area contributed by atoms with Crippen LogP contribution in [-0.4, -0.2) is 24.1 Å². The first-order chi connectivity index (χ1) is 8.68. The van der Waals surface area contributed by atoms with Crippen molar-refractivity contribution in [1.82, 2.24) is 9.97 Å². The maximum atomic E-state index is 5.98. The third-order valence-corrected chi connectivity index (χ3v) is 2.39. The smallest absolute Gasteiger partial charge is 0.173 e. The quantitative estimate of drug-likeness (QED) is 0.708. The van der Waals surface area contributed by atoms with Crippen LogP contribution >= 0.6 is 0 Å². The molecular weight excluding hydrogens is 228 g/mol. The van der Waals surface area contributed by atoms with Crippen LogP contribution in [-0.2, 0) is 0 Å². The highest BCUT2D eigenvalue weighted by molar-refractivity contribution is 5.75. The molecule has 6 nitrogen and oxygen atoms in total. The zero-order valence-corrected chi connectivity index (χ0v) is 10.4. The Morgan fingerprint density at radius 2 is 1.78 bits per heavy atom. The normalized spacial score (nSPS) is 9.89. The van der Waals surface area contributed by atoms with E-state index in [4.69, 9.17) is 5.73 Å². The Hall–Kier alpha value is -2.50. The van der Waals surface area contributed by atoms with Gasteiger partial charge in [-0.15, -0.1) is 0 Å². The SMILES string of the molecule is CN(C)c1ncnc(NNc2ccccc2)c1N. The molecule has 6 heteroatoms. The summed E-state index contributed by atoms with van der Waals surface area (Å²) in [6, 6.07) is 9.72. The van der Waals surface area contributed by atoms with Gasteiger partial charge in [0.2, 0.25) is 0 Å². The van der Waals surface area contributed by atoms with Gasteiger partial charge in [0.25, 0.3) is 0 Å². The van der Waals surface area contributed by atoms with Crippen molar-refractivity contribution >= 4 is 23.0 Å². The second kappa shape index (κ2) is 5.22. The van der Waals surface area contributed by atoms with Crippen LogP contribution in [0.5, 0.6) is 0 Å². The van der Waals surface area contributed by atoms with Gasteiger partial charge < -0.3 is 10.6 Å². The predicted octanol–water partition coefficient (Wildman–Crippen LogP) is 1.56. The van der Waals surface area contributed by atoms with E-state index < -0.39 is 0 Å². The summed E-state index contributed by atoms with van der Waals surface area (Å²) < 4.78 is 0. The molecule has 94 valence electrons. The highest BCUT2D eigenvalue weighted by atomic mass is 15.4. The summed E-state index contributed by atoms with van der Waals surface area (Å²) in [5, 5.41) is 0. The lowest BCUT2D eigenvalue weighted by molar-refractivity contribution is 1.04. The fourth-order valence-corrected chi connectivity index (χ4v) is 1.50. The molecular formula is C12H16N6. The van der Waals surface area contributed by atoms with E-state index in [1.165, 1.54) is 6.33 Å². The van der Waals surface area contributed by atoms with Crippen molar-refractivity contribution in [3.8, 4) is 0 Å². The Balaban J connectivity index is 2.13. The van der Waals surface area contributed by atoms with Gasteiger partial charge in [-0.1, -0.05) is 18.2 Å². The van der Waals surface area contributed by atoms with E-state index in [-0.39, 0.29) is 0 Å². The lowest BCUT2D eigenvalue weighted by Crippen LogP contribution is -2.17.